The number of nitrogens with zero attached hydrogens (tertiary/aromatic N) is 5. The summed E-state index contributed by atoms with van der Waals surface area (Å²) in [6.45, 7) is 4.00. The van der Waals surface area contributed by atoms with E-state index >= 15 is 0 Å². The number of hydrogen-bond acceptors (Lipinski definition) is 5. The van der Waals surface area contributed by atoms with E-state index in [1.54, 1.807) is 10.9 Å². The SMILES string of the molecule is Cc1c[n+]([O-])c(Cn2ncc3c(Cl)nc(N)nc32)c(C)c1Br. The van der Waals surface area contributed by atoms with Gasteiger partial charge in [-0.1, -0.05) is 11.6 Å². The maximum Gasteiger partial charge on any atom is 0.223 e. The molecule has 0 aliphatic carbocycles. The summed E-state index contributed by atoms with van der Waals surface area (Å²) < 4.78 is 3.32. The standard InChI is InChI=1S/C13H12BrClN6O/c1-6-4-21(22)9(7(2)10(6)14)5-20-12-8(3-17-20)11(15)18-13(16)19-12/h3-4H,5H2,1-2H3,(H2,16,18,19). The van der Waals surface area contributed by atoms with Gasteiger partial charge in [0.2, 0.25) is 11.6 Å². The van der Waals surface area contributed by atoms with Gasteiger partial charge in [-0.2, -0.15) is 14.8 Å². The van der Waals surface area contributed by atoms with Crippen LogP contribution in [0.3, 0.4) is 0 Å². The van der Waals surface area contributed by atoms with Gasteiger partial charge in [-0.15, -0.1) is 0 Å². The highest BCUT2D eigenvalue weighted by atomic mass is 79.9. The molecule has 0 spiro atoms. The fraction of sp³-hybridized carbons (Fsp3) is 0.231. The van der Waals surface area contributed by atoms with Crippen molar-refractivity contribution < 1.29 is 4.73 Å². The predicted molar refractivity (Wildman–Crippen MR) is 86.4 cm³/mol. The van der Waals surface area contributed by atoms with Crippen molar-refractivity contribution >= 4 is 44.5 Å². The van der Waals surface area contributed by atoms with Crippen molar-refractivity contribution in [2.24, 2.45) is 0 Å². The molecule has 0 aliphatic heterocycles. The molecule has 3 aromatic heterocycles. The first-order valence-corrected chi connectivity index (χ1v) is 7.58. The van der Waals surface area contributed by atoms with E-state index in [1.165, 1.54) is 6.20 Å². The Morgan fingerprint density at radius 3 is 2.86 bits per heavy atom. The third-order valence-corrected chi connectivity index (χ3v) is 4.96. The van der Waals surface area contributed by atoms with E-state index in [9.17, 15) is 5.21 Å². The van der Waals surface area contributed by atoms with Crippen molar-refractivity contribution in [2.45, 2.75) is 20.4 Å². The van der Waals surface area contributed by atoms with Crippen LogP contribution in [0, 0.1) is 19.1 Å². The minimum atomic E-state index is 0.0658. The number of anilines is 1. The monoisotopic (exact) mass is 382 g/mol. The number of fused-ring (bicyclic) bond motifs is 1. The molecule has 3 rings (SSSR count). The summed E-state index contributed by atoms with van der Waals surface area (Å²) in [4.78, 5) is 8.04. The average Bonchev–Trinajstić information content (AvgIpc) is 2.84. The van der Waals surface area contributed by atoms with Gasteiger partial charge in [0.1, 0.15) is 11.7 Å². The molecule has 0 saturated carbocycles. The second-order valence-corrected chi connectivity index (χ2v) is 6.09. The van der Waals surface area contributed by atoms with Crippen LogP contribution in [0.1, 0.15) is 16.8 Å². The predicted octanol–water partition coefficient (Wildman–Crippen LogP) is 2.12. The fourth-order valence-corrected chi connectivity index (χ4v) is 2.83. The molecular formula is C13H12BrClN6O. The largest absolute Gasteiger partial charge is 0.618 e. The quantitative estimate of drug-likeness (QED) is 0.415. The molecule has 7 nitrogen and oxygen atoms in total. The van der Waals surface area contributed by atoms with Gasteiger partial charge in [0.15, 0.2) is 11.8 Å². The summed E-state index contributed by atoms with van der Waals surface area (Å²) in [7, 11) is 0. The maximum absolute atomic E-state index is 12.2. The number of hydrogen-bond donors (Lipinski definition) is 1. The normalized spacial score (nSPS) is 11.3. The van der Waals surface area contributed by atoms with Crippen LogP contribution >= 0.6 is 27.5 Å². The smallest absolute Gasteiger partial charge is 0.223 e. The Balaban J connectivity index is 2.14. The molecule has 3 heterocycles. The Hall–Kier alpha value is -1.93. The molecule has 0 atom stereocenters. The summed E-state index contributed by atoms with van der Waals surface area (Å²) in [6.07, 6.45) is 3.08. The van der Waals surface area contributed by atoms with Gasteiger partial charge >= 0.3 is 0 Å². The van der Waals surface area contributed by atoms with Crippen LogP contribution in [0.15, 0.2) is 16.9 Å². The first kappa shape index (κ1) is 15.0. The summed E-state index contributed by atoms with van der Waals surface area (Å²) in [6, 6.07) is 0. The fourth-order valence-electron chi connectivity index (χ4n) is 2.28. The highest BCUT2D eigenvalue weighted by Crippen LogP contribution is 2.24. The van der Waals surface area contributed by atoms with Crippen molar-refractivity contribution in [3.63, 3.8) is 0 Å². The molecule has 9 heteroatoms. The van der Waals surface area contributed by atoms with Crippen LogP contribution in [0.4, 0.5) is 5.95 Å². The van der Waals surface area contributed by atoms with E-state index in [1.807, 2.05) is 13.8 Å². The molecule has 0 aliphatic rings. The highest BCUT2D eigenvalue weighted by molar-refractivity contribution is 9.10. The van der Waals surface area contributed by atoms with E-state index in [2.05, 4.69) is 31.0 Å². The minimum Gasteiger partial charge on any atom is -0.618 e. The van der Waals surface area contributed by atoms with Gasteiger partial charge in [0.25, 0.3) is 0 Å². The number of pyridine rings is 1. The lowest BCUT2D eigenvalue weighted by Gasteiger charge is -2.11. The minimum absolute atomic E-state index is 0.0658. The average molecular weight is 384 g/mol. The van der Waals surface area contributed by atoms with E-state index in [4.69, 9.17) is 17.3 Å². The highest BCUT2D eigenvalue weighted by Gasteiger charge is 2.19. The van der Waals surface area contributed by atoms with Gasteiger partial charge in [-0.3, -0.25) is 0 Å². The van der Waals surface area contributed by atoms with Gasteiger partial charge in [0, 0.05) is 15.6 Å². The number of nitrogens with two attached hydrogens (primary N) is 1. The zero-order valence-corrected chi connectivity index (χ0v) is 14.2. The molecule has 2 N–H and O–H groups in total. The molecule has 0 radical (unpaired) electrons. The molecule has 0 aromatic carbocycles. The lowest BCUT2D eigenvalue weighted by molar-refractivity contribution is -0.615. The van der Waals surface area contributed by atoms with Crippen LogP contribution in [0.25, 0.3) is 11.0 Å². The summed E-state index contributed by atoms with van der Waals surface area (Å²) in [5.41, 5.74) is 8.41. The molecule has 0 saturated heterocycles. The first-order chi connectivity index (χ1) is 10.4. The third-order valence-electron chi connectivity index (χ3n) is 3.45. The van der Waals surface area contributed by atoms with Gasteiger partial charge in [0.05, 0.1) is 11.6 Å². The number of aryl methyl sites for hydroxylation is 1. The topological polar surface area (TPSA) is 96.6 Å². The van der Waals surface area contributed by atoms with Crippen LogP contribution in [0.2, 0.25) is 5.15 Å². The summed E-state index contributed by atoms with van der Waals surface area (Å²) in [5, 5.41) is 17.2. The van der Waals surface area contributed by atoms with Crippen LogP contribution in [-0.4, -0.2) is 19.7 Å². The zero-order chi connectivity index (χ0) is 16.0. The Labute approximate surface area is 139 Å². The Morgan fingerprint density at radius 2 is 2.14 bits per heavy atom. The Kier molecular flexibility index (Phi) is 3.65. The van der Waals surface area contributed by atoms with Crippen molar-refractivity contribution in [1.82, 2.24) is 19.7 Å². The molecule has 0 fully saturated rings. The van der Waals surface area contributed by atoms with Crippen LogP contribution < -0.4 is 10.5 Å². The Bertz CT molecular complexity index is 894. The van der Waals surface area contributed by atoms with E-state index in [0.29, 0.717) is 16.7 Å². The molecular weight excluding hydrogens is 372 g/mol. The van der Waals surface area contributed by atoms with Crippen LogP contribution in [0.5, 0.6) is 0 Å². The lowest BCUT2D eigenvalue weighted by Crippen LogP contribution is -2.34. The van der Waals surface area contributed by atoms with Crippen molar-refractivity contribution in [3.05, 3.63) is 44.0 Å². The van der Waals surface area contributed by atoms with Gasteiger partial charge in [-0.05, 0) is 29.8 Å². The van der Waals surface area contributed by atoms with Gasteiger partial charge < -0.3 is 10.9 Å². The summed E-state index contributed by atoms with van der Waals surface area (Å²) >= 11 is 9.52. The number of halogens is 2. The second kappa shape index (κ2) is 5.36. The molecule has 0 bridgehead atoms. The first-order valence-electron chi connectivity index (χ1n) is 6.40. The van der Waals surface area contributed by atoms with Crippen molar-refractivity contribution in [1.29, 1.82) is 0 Å². The molecule has 114 valence electrons. The molecule has 0 amide bonds. The number of rotatable bonds is 2. The van der Waals surface area contributed by atoms with E-state index < -0.39 is 0 Å². The Morgan fingerprint density at radius 1 is 1.41 bits per heavy atom. The zero-order valence-electron chi connectivity index (χ0n) is 11.8. The van der Waals surface area contributed by atoms with Crippen molar-refractivity contribution in [3.8, 4) is 0 Å². The lowest BCUT2D eigenvalue weighted by atomic mass is 10.1. The van der Waals surface area contributed by atoms with Gasteiger partial charge in [-0.25, -0.2) is 9.67 Å². The molecule has 22 heavy (non-hydrogen) atoms. The van der Waals surface area contributed by atoms with Crippen LogP contribution in [-0.2, 0) is 6.54 Å². The summed E-state index contributed by atoms with van der Waals surface area (Å²) in [5.74, 6) is 0.0658. The molecule has 0 unspecified atom stereocenters. The number of nitrogen functional groups attached to an aromatic ring is 1. The molecule has 3 aromatic rings. The van der Waals surface area contributed by atoms with E-state index in [0.717, 1.165) is 20.3 Å². The van der Waals surface area contributed by atoms with E-state index in [-0.39, 0.29) is 17.6 Å². The maximum atomic E-state index is 12.2. The van der Waals surface area contributed by atoms with Crippen molar-refractivity contribution in [2.75, 3.05) is 5.73 Å². The second-order valence-electron chi connectivity index (χ2n) is 4.94. The third kappa shape index (κ3) is 2.38. The number of aromatic nitrogens is 5.